The molecule has 1 aromatic rings. The molecule has 3 nitrogen and oxygen atoms in total. The van der Waals surface area contributed by atoms with Crippen LogP contribution in [-0.2, 0) is 17.8 Å². The third kappa shape index (κ3) is 4.29. The smallest absolute Gasteiger partial charge is 0.243 e. The molecule has 0 aliphatic rings. The van der Waals surface area contributed by atoms with Crippen LogP contribution in [0.4, 0.5) is 0 Å². The highest BCUT2D eigenvalue weighted by molar-refractivity contribution is 4.64. The Hall–Kier alpha value is -0.540. The van der Waals surface area contributed by atoms with Crippen LogP contribution in [0.1, 0.15) is 13.8 Å². The minimum atomic E-state index is 0. The molecule has 76 valence electrons. The second-order valence-corrected chi connectivity index (χ2v) is 2.68. The molecule has 0 atom stereocenters. The average Bonchev–Trinajstić information content (AvgIpc) is 2.53. The second kappa shape index (κ2) is 6.92. The van der Waals surface area contributed by atoms with Gasteiger partial charge in [0.25, 0.3) is 0 Å². The van der Waals surface area contributed by atoms with E-state index in [1.165, 1.54) is 0 Å². The first kappa shape index (κ1) is 12.5. The number of halogens is 1. The number of hydrogen-bond acceptors (Lipinski definition) is 1. The van der Waals surface area contributed by atoms with Gasteiger partial charge in [-0.25, -0.2) is 9.13 Å². The van der Waals surface area contributed by atoms with E-state index in [9.17, 15) is 0 Å². The Morgan fingerprint density at radius 1 is 1.38 bits per heavy atom. The maximum absolute atomic E-state index is 5.25. The molecule has 0 fully saturated rings. The van der Waals surface area contributed by atoms with Crippen molar-refractivity contribution in [3.8, 4) is 0 Å². The molecule has 1 aromatic heterocycles. The number of imidazole rings is 1. The zero-order chi connectivity index (χ0) is 8.81. The van der Waals surface area contributed by atoms with E-state index in [0.717, 1.165) is 26.3 Å². The van der Waals surface area contributed by atoms with Crippen molar-refractivity contribution in [1.29, 1.82) is 0 Å². The Kier molecular flexibility index (Phi) is 6.63. The van der Waals surface area contributed by atoms with Crippen LogP contribution in [0.2, 0.25) is 0 Å². The Bertz CT molecular complexity index is 225. The van der Waals surface area contributed by atoms with E-state index in [2.05, 4.69) is 34.8 Å². The quantitative estimate of drug-likeness (QED) is 0.395. The molecule has 0 unspecified atom stereocenters. The lowest BCUT2D eigenvalue weighted by Gasteiger charge is -1.96. The van der Waals surface area contributed by atoms with Crippen LogP contribution in [0.5, 0.6) is 0 Å². The Balaban J connectivity index is 0.00000144. The lowest BCUT2D eigenvalue weighted by molar-refractivity contribution is -0.698. The van der Waals surface area contributed by atoms with E-state index in [-0.39, 0.29) is 12.4 Å². The first-order valence-electron chi connectivity index (χ1n) is 4.49. The van der Waals surface area contributed by atoms with Gasteiger partial charge in [0.2, 0.25) is 6.33 Å². The summed E-state index contributed by atoms with van der Waals surface area (Å²) in [7, 11) is 0. The fourth-order valence-corrected chi connectivity index (χ4v) is 1.07. The highest BCUT2D eigenvalue weighted by atomic mass is 35.5. The van der Waals surface area contributed by atoms with E-state index in [4.69, 9.17) is 4.74 Å². The monoisotopic (exact) mass is 204 g/mol. The van der Waals surface area contributed by atoms with Gasteiger partial charge >= 0.3 is 0 Å². The van der Waals surface area contributed by atoms with E-state index in [0.29, 0.717) is 0 Å². The molecule has 0 saturated heterocycles. The molecule has 0 aliphatic carbocycles. The van der Waals surface area contributed by atoms with Crippen LogP contribution in [0, 0.1) is 0 Å². The molecule has 0 aliphatic heterocycles. The van der Waals surface area contributed by atoms with Crippen molar-refractivity contribution in [2.24, 2.45) is 0 Å². The lowest BCUT2D eigenvalue weighted by atomic mass is 10.6. The van der Waals surface area contributed by atoms with Gasteiger partial charge in [-0.15, -0.1) is 0 Å². The zero-order valence-electron chi connectivity index (χ0n) is 8.24. The van der Waals surface area contributed by atoms with Crippen molar-refractivity contribution >= 4 is 0 Å². The molecular formula is C9H17ClN2O. The van der Waals surface area contributed by atoms with Crippen LogP contribution < -0.4 is 17.0 Å². The summed E-state index contributed by atoms with van der Waals surface area (Å²) in [6.07, 6.45) is 6.24. The molecule has 0 saturated carbocycles. The maximum Gasteiger partial charge on any atom is 0.243 e. The Morgan fingerprint density at radius 2 is 2.15 bits per heavy atom. The van der Waals surface area contributed by atoms with E-state index in [1.807, 2.05) is 6.92 Å². The average molecular weight is 205 g/mol. The van der Waals surface area contributed by atoms with Crippen LogP contribution >= 0.6 is 0 Å². The fraction of sp³-hybridized carbons (Fsp3) is 0.667. The molecule has 0 radical (unpaired) electrons. The molecule has 1 rings (SSSR count). The van der Waals surface area contributed by atoms with Gasteiger partial charge in [0.1, 0.15) is 18.9 Å². The van der Waals surface area contributed by atoms with Gasteiger partial charge in [0, 0.05) is 6.61 Å². The maximum atomic E-state index is 5.25. The van der Waals surface area contributed by atoms with Crippen LogP contribution in [0.15, 0.2) is 18.7 Å². The highest BCUT2D eigenvalue weighted by Gasteiger charge is 1.99. The largest absolute Gasteiger partial charge is 1.00 e. The molecule has 0 N–H and O–H groups in total. The summed E-state index contributed by atoms with van der Waals surface area (Å²) in [5.74, 6) is 0. The normalized spacial score (nSPS) is 9.69. The lowest BCUT2D eigenvalue weighted by Crippen LogP contribution is -3.00. The number of aromatic nitrogens is 2. The van der Waals surface area contributed by atoms with E-state index in [1.54, 1.807) is 0 Å². The molecule has 13 heavy (non-hydrogen) atoms. The van der Waals surface area contributed by atoms with Crippen LogP contribution in [-0.4, -0.2) is 17.8 Å². The van der Waals surface area contributed by atoms with Crippen molar-refractivity contribution in [3.05, 3.63) is 18.7 Å². The highest BCUT2D eigenvalue weighted by Crippen LogP contribution is 1.83. The molecular weight excluding hydrogens is 188 g/mol. The molecule has 4 heteroatoms. The molecule has 1 heterocycles. The summed E-state index contributed by atoms with van der Waals surface area (Å²) in [5.41, 5.74) is 0. The van der Waals surface area contributed by atoms with Crippen molar-refractivity contribution in [2.75, 3.05) is 13.2 Å². The first-order chi connectivity index (χ1) is 5.86. The molecule has 0 spiro atoms. The summed E-state index contributed by atoms with van der Waals surface area (Å²) < 4.78 is 9.53. The van der Waals surface area contributed by atoms with Gasteiger partial charge in [-0.1, -0.05) is 0 Å². The van der Waals surface area contributed by atoms with E-state index < -0.39 is 0 Å². The predicted molar refractivity (Wildman–Crippen MR) is 46.8 cm³/mol. The number of aryl methyl sites for hydroxylation is 1. The predicted octanol–water partition coefficient (Wildman–Crippen LogP) is -2.16. The summed E-state index contributed by atoms with van der Waals surface area (Å²) in [6.45, 7) is 7.72. The molecule has 0 amide bonds. The minimum Gasteiger partial charge on any atom is -1.00 e. The van der Waals surface area contributed by atoms with Gasteiger partial charge < -0.3 is 17.1 Å². The third-order valence-corrected chi connectivity index (χ3v) is 1.81. The number of hydrogen-bond donors (Lipinski definition) is 0. The minimum absolute atomic E-state index is 0. The standard InChI is InChI=1S/C9H17N2O.ClH/c1-3-10-5-6-11(9-10)7-8-12-4-2;/h5-6,9H,3-4,7-8H2,1-2H3;1H/q+1;/p-1. The van der Waals surface area contributed by atoms with Crippen molar-refractivity contribution in [1.82, 2.24) is 4.57 Å². The van der Waals surface area contributed by atoms with Gasteiger partial charge in [-0.3, -0.25) is 0 Å². The van der Waals surface area contributed by atoms with Gasteiger partial charge in [-0.2, -0.15) is 0 Å². The zero-order valence-corrected chi connectivity index (χ0v) is 9.00. The number of ether oxygens (including phenoxy) is 1. The third-order valence-electron chi connectivity index (χ3n) is 1.81. The second-order valence-electron chi connectivity index (χ2n) is 2.68. The Morgan fingerprint density at radius 3 is 2.69 bits per heavy atom. The van der Waals surface area contributed by atoms with Gasteiger partial charge in [0.05, 0.1) is 13.2 Å². The summed E-state index contributed by atoms with van der Waals surface area (Å²) in [6, 6.07) is 0. The Labute approximate surface area is 85.7 Å². The fourth-order valence-electron chi connectivity index (χ4n) is 1.07. The molecule has 0 aromatic carbocycles. The van der Waals surface area contributed by atoms with Gasteiger partial charge in [0.15, 0.2) is 0 Å². The number of rotatable bonds is 5. The van der Waals surface area contributed by atoms with Crippen LogP contribution in [0.3, 0.4) is 0 Å². The SMILES string of the molecule is CCOCC[n+]1ccn(CC)c1.[Cl-]. The summed E-state index contributed by atoms with van der Waals surface area (Å²) >= 11 is 0. The summed E-state index contributed by atoms with van der Waals surface area (Å²) in [5, 5.41) is 0. The van der Waals surface area contributed by atoms with Crippen LogP contribution in [0.25, 0.3) is 0 Å². The van der Waals surface area contributed by atoms with Gasteiger partial charge in [-0.05, 0) is 13.8 Å². The first-order valence-corrected chi connectivity index (χ1v) is 4.49. The van der Waals surface area contributed by atoms with Crippen molar-refractivity contribution in [3.63, 3.8) is 0 Å². The summed E-state index contributed by atoms with van der Waals surface area (Å²) in [4.78, 5) is 0. The molecule has 0 bridgehead atoms. The van der Waals surface area contributed by atoms with Crippen molar-refractivity contribution in [2.45, 2.75) is 26.9 Å². The topological polar surface area (TPSA) is 18.0 Å². The van der Waals surface area contributed by atoms with E-state index >= 15 is 0 Å². The number of nitrogens with zero attached hydrogens (tertiary/aromatic N) is 2. The van der Waals surface area contributed by atoms with Crippen molar-refractivity contribution < 1.29 is 21.7 Å².